The maximum atomic E-state index is 13.3. The topological polar surface area (TPSA) is 120 Å². The molecule has 1 unspecified atom stereocenters. The predicted molar refractivity (Wildman–Crippen MR) is 106 cm³/mol. The van der Waals surface area contributed by atoms with Gasteiger partial charge in [0.05, 0.1) is 11.4 Å². The molecule has 1 saturated carbocycles. The fourth-order valence-electron chi connectivity index (χ4n) is 4.71. The normalized spacial score (nSPS) is 25.0. The summed E-state index contributed by atoms with van der Waals surface area (Å²) < 4.78 is 32.0. The lowest BCUT2D eigenvalue weighted by Crippen LogP contribution is -2.67. The first-order valence-electron chi connectivity index (χ1n) is 10.3. The molecule has 1 aromatic carbocycles. The molecule has 2 aliphatic heterocycles. The number of fused-ring (bicyclic) bond motifs is 1. The van der Waals surface area contributed by atoms with Gasteiger partial charge in [-0.25, -0.2) is 19.0 Å². The third-order valence-corrected chi connectivity index (χ3v) is 6.50. The van der Waals surface area contributed by atoms with E-state index in [-0.39, 0.29) is 37.8 Å². The van der Waals surface area contributed by atoms with Gasteiger partial charge in [0.15, 0.2) is 0 Å². The number of likely N-dealkylation sites (tertiary alicyclic amines) is 2. The summed E-state index contributed by atoms with van der Waals surface area (Å²) in [6.45, 7) is 0.802. The number of hydrogen-bond acceptors (Lipinski definition) is 6. The fourth-order valence-corrected chi connectivity index (χ4v) is 4.71. The van der Waals surface area contributed by atoms with E-state index in [0.717, 1.165) is 0 Å². The van der Waals surface area contributed by atoms with Gasteiger partial charge < -0.3 is 19.6 Å². The molecule has 0 radical (unpaired) electrons. The summed E-state index contributed by atoms with van der Waals surface area (Å²) in [5, 5.41) is 7.32. The van der Waals surface area contributed by atoms with Gasteiger partial charge in [0.1, 0.15) is 11.4 Å². The van der Waals surface area contributed by atoms with Crippen LogP contribution >= 0.6 is 0 Å². The van der Waals surface area contributed by atoms with Crippen molar-refractivity contribution in [3.63, 3.8) is 0 Å². The van der Waals surface area contributed by atoms with Crippen molar-refractivity contribution in [3.05, 3.63) is 30.0 Å². The molecule has 170 valence electrons. The van der Waals surface area contributed by atoms with Crippen LogP contribution in [0.5, 0.6) is 0 Å². The maximum Gasteiger partial charge on any atom is 0.329 e. The number of carbonyl (C=O) groups is 3. The molecule has 2 aromatic rings. The molecule has 3 aliphatic rings. The van der Waals surface area contributed by atoms with Crippen LogP contribution in [-0.4, -0.2) is 78.0 Å². The lowest BCUT2D eigenvalue weighted by molar-refractivity contribution is -0.147. The van der Waals surface area contributed by atoms with Crippen LogP contribution in [0.2, 0.25) is 0 Å². The van der Waals surface area contributed by atoms with Crippen LogP contribution in [0, 0.1) is 11.3 Å². The second-order valence-electron chi connectivity index (χ2n) is 8.69. The van der Waals surface area contributed by atoms with Gasteiger partial charge in [0, 0.05) is 45.1 Å². The Bertz CT molecular complexity index is 1100. The first-order valence-corrected chi connectivity index (χ1v) is 10.3. The van der Waals surface area contributed by atoms with Crippen molar-refractivity contribution >= 4 is 28.7 Å². The number of urea groups is 1. The standard InChI is InChI=1S/C20H22F2N6O4/c1-23-25-18(31)24-14-7-27(17(30)15-11-4-2-3-5-13(11)26-32-15)8-19(14)9-28(10-19)16(29)12-6-20(12,21)22/h2-5,12,14,23H,6-10H2,1H3,(H2,24,25,31)/t12-,14?/m1/s1. The molecule has 12 heteroatoms. The average Bonchev–Trinajstić information content (AvgIpc) is 3.06. The summed E-state index contributed by atoms with van der Waals surface area (Å²) in [5.74, 6) is -5.06. The van der Waals surface area contributed by atoms with E-state index in [1.165, 1.54) is 11.9 Å². The Morgan fingerprint density at radius 2 is 1.84 bits per heavy atom. The van der Waals surface area contributed by atoms with Gasteiger partial charge in [-0.15, -0.1) is 0 Å². The Kier molecular flexibility index (Phi) is 4.59. The van der Waals surface area contributed by atoms with E-state index >= 15 is 0 Å². The number of nitrogens with zero attached hydrogens (tertiary/aromatic N) is 3. The fraction of sp³-hybridized carbons (Fsp3) is 0.500. The zero-order chi connectivity index (χ0) is 22.7. The number of amides is 4. The molecule has 1 spiro atoms. The first kappa shape index (κ1) is 20.6. The summed E-state index contributed by atoms with van der Waals surface area (Å²) in [5.41, 5.74) is 4.87. The van der Waals surface area contributed by atoms with Crippen LogP contribution in [0.15, 0.2) is 28.8 Å². The molecule has 3 N–H and O–H groups in total. The summed E-state index contributed by atoms with van der Waals surface area (Å²) in [6.07, 6.45) is -0.426. The van der Waals surface area contributed by atoms with Crippen LogP contribution in [0.3, 0.4) is 0 Å². The lowest BCUT2D eigenvalue weighted by atomic mass is 9.75. The number of nitrogens with one attached hydrogen (secondary N) is 3. The molecular formula is C20H22F2N6O4. The minimum Gasteiger partial charge on any atom is -0.350 e. The van der Waals surface area contributed by atoms with Crippen molar-refractivity contribution in [1.29, 1.82) is 0 Å². The molecule has 5 rings (SSSR count). The number of alkyl halides is 2. The van der Waals surface area contributed by atoms with Crippen molar-refractivity contribution in [2.75, 3.05) is 33.2 Å². The molecular weight excluding hydrogens is 426 g/mol. The van der Waals surface area contributed by atoms with Crippen molar-refractivity contribution in [2.24, 2.45) is 11.3 Å². The zero-order valence-electron chi connectivity index (χ0n) is 17.2. The number of aromatic nitrogens is 1. The Morgan fingerprint density at radius 3 is 2.53 bits per heavy atom. The number of rotatable bonds is 4. The SMILES string of the molecule is CNNC(=O)NC1CN(C(=O)c2onc3ccccc23)CC12CN(C(=O)[C@H]1CC1(F)F)C2. The second-order valence-corrected chi connectivity index (χ2v) is 8.69. The van der Waals surface area contributed by atoms with Gasteiger partial charge in [0.25, 0.3) is 11.8 Å². The summed E-state index contributed by atoms with van der Waals surface area (Å²) >= 11 is 0. The minimum absolute atomic E-state index is 0.0981. The first-order chi connectivity index (χ1) is 15.2. The third kappa shape index (κ3) is 3.25. The highest BCUT2D eigenvalue weighted by Crippen LogP contribution is 2.51. The van der Waals surface area contributed by atoms with Crippen LogP contribution in [-0.2, 0) is 4.79 Å². The Morgan fingerprint density at radius 1 is 1.16 bits per heavy atom. The minimum atomic E-state index is -2.94. The van der Waals surface area contributed by atoms with Crippen molar-refractivity contribution in [1.82, 2.24) is 31.1 Å². The molecule has 1 aromatic heterocycles. The van der Waals surface area contributed by atoms with Crippen LogP contribution in [0.4, 0.5) is 13.6 Å². The van der Waals surface area contributed by atoms with Gasteiger partial charge in [0.2, 0.25) is 11.7 Å². The third-order valence-electron chi connectivity index (χ3n) is 6.50. The average molecular weight is 448 g/mol. The Labute approximate surface area is 181 Å². The highest BCUT2D eigenvalue weighted by molar-refractivity contribution is 6.03. The quantitative estimate of drug-likeness (QED) is 0.589. The van der Waals surface area contributed by atoms with E-state index in [0.29, 0.717) is 10.9 Å². The van der Waals surface area contributed by atoms with Crippen molar-refractivity contribution in [2.45, 2.75) is 18.4 Å². The number of benzene rings is 1. The van der Waals surface area contributed by atoms with Crippen LogP contribution in [0.1, 0.15) is 17.0 Å². The molecule has 1 aliphatic carbocycles. The van der Waals surface area contributed by atoms with E-state index in [1.807, 2.05) is 0 Å². The zero-order valence-corrected chi connectivity index (χ0v) is 17.2. The molecule has 0 bridgehead atoms. The molecule has 2 saturated heterocycles. The predicted octanol–water partition coefficient (Wildman–Crippen LogP) is 0.570. The summed E-state index contributed by atoms with van der Waals surface area (Å²) in [6, 6.07) is 6.06. The summed E-state index contributed by atoms with van der Waals surface area (Å²) in [7, 11) is 1.54. The summed E-state index contributed by atoms with van der Waals surface area (Å²) in [4.78, 5) is 40.6. The molecule has 4 amide bonds. The Balaban J connectivity index is 1.34. The smallest absolute Gasteiger partial charge is 0.329 e. The largest absolute Gasteiger partial charge is 0.350 e. The van der Waals surface area contributed by atoms with E-state index in [9.17, 15) is 23.2 Å². The Hall–Kier alpha value is -3.28. The van der Waals surface area contributed by atoms with Crippen molar-refractivity contribution in [3.8, 4) is 0 Å². The van der Waals surface area contributed by atoms with Crippen LogP contribution in [0.25, 0.3) is 10.9 Å². The monoisotopic (exact) mass is 448 g/mol. The van der Waals surface area contributed by atoms with E-state index in [2.05, 4.69) is 21.3 Å². The van der Waals surface area contributed by atoms with E-state index in [4.69, 9.17) is 4.52 Å². The van der Waals surface area contributed by atoms with Crippen molar-refractivity contribution < 1.29 is 27.7 Å². The number of hydrogen-bond donors (Lipinski definition) is 3. The van der Waals surface area contributed by atoms with Gasteiger partial charge in [-0.1, -0.05) is 17.3 Å². The molecule has 10 nitrogen and oxygen atoms in total. The van der Waals surface area contributed by atoms with E-state index < -0.39 is 41.7 Å². The van der Waals surface area contributed by atoms with E-state index in [1.54, 1.807) is 29.2 Å². The van der Waals surface area contributed by atoms with Gasteiger partial charge in [-0.05, 0) is 12.1 Å². The molecule has 3 fully saturated rings. The highest BCUT2D eigenvalue weighted by atomic mass is 19.3. The van der Waals surface area contributed by atoms with Gasteiger partial charge >= 0.3 is 6.03 Å². The number of halogens is 2. The molecule has 32 heavy (non-hydrogen) atoms. The lowest BCUT2D eigenvalue weighted by Gasteiger charge is -2.50. The maximum absolute atomic E-state index is 13.3. The molecule has 2 atom stereocenters. The number of carbonyl (C=O) groups excluding carboxylic acids is 3. The molecule has 3 heterocycles. The van der Waals surface area contributed by atoms with Gasteiger partial charge in [-0.3, -0.25) is 15.0 Å². The number of hydrazine groups is 1. The van der Waals surface area contributed by atoms with Crippen LogP contribution < -0.4 is 16.2 Å². The van der Waals surface area contributed by atoms with Gasteiger partial charge in [-0.2, -0.15) is 0 Å². The second kappa shape index (κ2) is 7.12. The highest BCUT2D eigenvalue weighted by Gasteiger charge is 2.65.